The lowest BCUT2D eigenvalue weighted by atomic mass is 10.00. The van der Waals surface area contributed by atoms with Gasteiger partial charge in [0.25, 0.3) is 0 Å². The molecule has 2 saturated heterocycles. The average Bonchev–Trinajstić information content (AvgIpc) is 2.86. The maximum absolute atomic E-state index is 13.1. The van der Waals surface area contributed by atoms with E-state index in [9.17, 15) is 4.79 Å². The zero-order chi connectivity index (χ0) is 16.6. The molecule has 0 aliphatic carbocycles. The van der Waals surface area contributed by atoms with Crippen molar-refractivity contribution >= 4 is 17.6 Å². The van der Waals surface area contributed by atoms with E-state index in [0.29, 0.717) is 6.54 Å². The SMILES string of the molecule is CC(C)(C)N1CC(c2ccccc2Cl)N(C2CCNCC2)C1=O. The third kappa shape index (κ3) is 3.20. The van der Waals surface area contributed by atoms with Crippen molar-refractivity contribution in [3.05, 3.63) is 34.9 Å². The minimum Gasteiger partial charge on any atom is -0.317 e. The van der Waals surface area contributed by atoms with Gasteiger partial charge in [0.1, 0.15) is 0 Å². The van der Waals surface area contributed by atoms with E-state index in [4.69, 9.17) is 11.6 Å². The number of benzene rings is 1. The third-order valence-corrected chi connectivity index (χ3v) is 5.26. The number of halogens is 1. The summed E-state index contributed by atoms with van der Waals surface area (Å²) in [5.74, 6) is 0. The Morgan fingerprint density at radius 1 is 1.17 bits per heavy atom. The molecule has 2 aliphatic rings. The van der Waals surface area contributed by atoms with Gasteiger partial charge in [-0.15, -0.1) is 0 Å². The molecule has 1 aromatic carbocycles. The van der Waals surface area contributed by atoms with Gasteiger partial charge >= 0.3 is 6.03 Å². The molecule has 0 spiro atoms. The number of nitrogens with zero attached hydrogens (tertiary/aromatic N) is 2. The van der Waals surface area contributed by atoms with Crippen LogP contribution >= 0.6 is 11.6 Å². The number of carbonyl (C=O) groups excluding carboxylic acids is 1. The van der Waals surface area contributed by atoms with Crippen molar-refractivity contribution in [2.45, 2.75) is 51.2 Å². The largest absolute Gasteiger partial charge is 0.321 e. The molecule has 2 heterocycles. The molecule has 1 atom stereocenters. The average molecular weight is 336 g/mol. The standard InChI is InChI=1S/C18H26ClN3O/c1-18(2,3)21-12-16(14-6-4-5-7-15(14)19)22(17(21)23)13-8-10-20-11-9-13/h4-7,13,16,20H,8-12H2,1-3H3. The van der Waals surface area contributed by atoms with Crippen molar-refractivity contribution in [3.63, 3.8) is 0 Å². The molecule has 126 valence electrons. The first-order valence-corrected chi connectivity index (χ1v) is 8.82. The van der Waals surface area contributed by atoms with Gasteiger partial charge in [-0.1, -0.05) is 29.8 Å². The fourth-order valence-corrected chi connectivity index (χ4v) is 3.92. The molecule has 0 aromatic heterocycles. The first-order valence-electron chi connectivity index (χ1n) is 8.44. The van der Waals surface area contributed by atoms with E-state index in [2.05, 4.69) is 37.1 Å². The summed E-state index contributed by atoms with van der Waals surface area (Å²) in [6.07, 6.45) is 2.01. The van der Waals surface area contributed by atoms with Crippen molar-refractivity contribution in [2.75, 3.05) is 19.6 Å². The number of piperidine rings is 1. The molecule has 4 nitrogen and oxygen atoms in total. The normalized spacial score (nSPS) is 23.7. The Bertz CT molecular complexity index is 578. The summed E-state index contributed by atoms with van der Waals surface area (Å²) in [6.45, 7) is 8.94. The summed E-state index contributed by atoms with van der Waals surface area (Å²) in [5.41, 5.74) is 0.880. The van der Waals surface area contributed by atoms with Gasteiger partial charge in [-0.3, -0.25) is 0 Å². The van der Waals surface area contributed by atoms with Crippen LogP contribution in [-0.4, -0.2) is 47.0 Å². The molecule has 0 bridgehead atoms. The second kappa shape index (κ2) is 6.33. The highest BCUT2D eigenvalue weighted by molar-refractivity contribution is 6.31. The van der Waals surface area contributed by atoms with Crippen LogP contribution in [0.4, 0.5) is 4.79 Å². The van der Waals surface area contributed by atoms with E-state index in [1.54, 1.807) is 0 Å². The first-order chi connectivity index (χ1) is 10.9. The molecule has 2 aliphatic heterocycles. The Morgan fingerprint density at radius 2 is 1.83 bits per heavy atom. The van der Waals surface area contributed by atoms with Crippen LogP contribution in [0.25, 0.3) is 0 Å². The highest BCUT2D eigenvalue weighted by Gasteiger charge is 2.46. The van der Waals surface area contributed by atoms with E-state index >= 15 is 0 Å². The van der Waals surface area contributed by atoms with Crippen molar-refractivity contribution in [2.24, 2.45) is 0 Å². The first kappa shape index (κ1) is 16.6. The number of carbonyl (C=O) groups is 1. The van der Waals surface area contributed by atoms with Gasteiger partial charge in [-0.05, 0) is 58.3 Å². The number of nitrogens with one attached hydrogen (secondary N) is 1. The Morgan fingerprint density at radius 3 is 2.43 bits per heavy atom. The van der Waals surface area contributed by atoms with Gasteiger partial charge in [0.2, 0.25) is 0 Å². The number of urea groups is 1. The van der Waals surface area contributed by atoms with Crippen molar-refractivity contribution in [1.29, 1.82) is 0 Å². The molecule has 2 amide bonds. The topological polar surface area (TPSA) is 35.6 Å². The van der Waals surface area contributed by atoms with Gasteiger partial charge in [0.15, 0.2) is 0 Å². The van der Waals surface area contributed by atoms with Crippen LogP contribution in [0.15, 0.2) is 24.3 Å². The van der Waals surface area contributed by atoms with Crippen LogP contribution in [0.2, 0.25) is 5.02 Å². The van der Waals surface area contributed by atoms with Crippen LogP contribution in [0, 0.1) is 0 Å². The minimum atomic E-state index is -0.182. The molecule has 0 saturated carbocycles. The lowest BCUT2D eigenvalue weighted by Gasteiger charge is -2.36. The molecule has 1 N–H and O–H groups in total. The predicted octanol–water partition coefficient (Wildman–Crippen LogP) is 3.67. The Kier molecular flexibility index (Phi) is 4.56. The van der Waals surface area contributed by atoms with Crippen LogP contribution in [0.3, 0.4) is 0 Å². The Labute approximate surface area is 143 Å². The van der Waals surface area contributed by atoms with Crippen LogP contribution in [0.1, 0.15) is 45.2 Å². The van der Waals surface area contributed by atoms with Gasteiger partial charge in [0.05, 0.1) is 6.04 Å². The molecule has 1 aromatic rings. The smallest absolute Gasteiger partial charge is 0.317 e. The molecule has 2 fully saturated rings. The highest BCUT2D eigenvalue weighted by atomic mass is 35.5. The van der Waals surface area contributed by atoms with Crippen molar-refractivity contribution < 1.29 is 4.79 Å². The Hall–Kier alpha value is -1.26. The lowest BCUT2D eigenvalue weighted by molar-refractivity contribution is 0.134. The molecule has 23 heavy (non-hydrogen) atoms. The maximum Gasteiger partial charge on any atom is 0.321 e. The maximum atomic E-state index is 13.1. The van der Waals surface area contributed by atoms with Gasteiger partial charge < -0.3 is 15.1 Å². The van der Waals surface area contributed by atoms with E-state index in [-0.39, 0.29) is 23.7 Å². The van der Waals surface area contributed by atoms with Crippen LogP contribution in [-0.2, 0) is 0 Å². The van der Waals surface area contributed by atoms with Crippen molar-refractivity contribution in [3.8, 4) is 0 Å². The quantitative estimate of drug-likeness (QED) is 0.895. The summed E-state index contributed by atoms with van der Waals surface area (Å²) in [6, 6.07) is 8.40. The summed E-state index contributed by atoms with van der Waals surface area (Å²) in [7, 11) is 0. The van der Waals surface area contributed by atoms with Crippen LogP contribution in [0.5, 0.6) is 0 Å². The predicted molar refractivity (Wildman–Crippen MR) is 93.8 cm³/mol. The molecular formula is C18H26ClN3O. The number of rotatable bonds is 2. The van der Waals surface area contributed by atoms with Gasteiger partial charge in [0, 0.05) is 23.1 Å². The summed E-state index contributed by atoms with van der Waals surface area (Å²) < 4.78 is 0. The van der Waals surface area contributed by atoms with Gasteiger partial charge in [-0.2, -0.15) is 0 Å². The molecular weight excluding hydrogens is 310 g/mol. The fraction of sp³-hybridized carbons (Fsp3) is 0.611. The fourth-order valence-electron chi connectivity index (χ4n) is 3.66. The Balaban J connectivity index is 1.97. The molecule has 3 rings (SSSR count). The zero-order valence-electron chi connectivity index (χ0n) is 14.2. The van der Waals surface area contributed by atoms with Crippen molar-refractivity contribution in [1.82, 2.24) is 15.1 Å². The highest BCUT2D eigenvalue weighted by Crippen LogP contribution is 2.39. The van der Waals surface area contributed by atoms with E-state index in [0.717, 1.165) is 36.5 Å². The van der Waals surface area contributed by atoms with E-state index in [1.165, 1.54) is 0 Å². The number of hydrogen-bond acceptors (Lipinski definition) is 2. The lowest BCUT2D eigenvalue weighted by Crippen LogP contribution is -2.49. The second-order valence-corrected chi connectivity index (χ2v) is 7.90. The summed E-state index contributed by atoms with van der Waals surface area (Å²) >= 11 is 6.45. The summed E-state index contributed by atoms with van der Waals surface area (Å²) in [4.78, 5) is 17.2. The second-order valence-electron chi connectivity index (χ2n) is 7.49. The van der Waals surface area contributed by atoms with Gasteiger partial charge in [-0.25, -0.2) is 4.79 Å². The third-order valence-electron chi connectivity index (χ3n) is 4.92. The monoisotopic (exact) mass is 335 g/mol. The van der Waals surface area contributed by atoms with Crippen LogP contribution < -0.4 is 5.32 Å². The number of amides is 2. The zero-order valence-corrected chi connectivity index (χ0v) is 14.9. The van der Waals surface area contributed by atoms with E-state index in [1.807, 2.05) is 23.1 Å². The minimum absolute atomic E-state index is 0.0403. The molecule has 1 unspecified atom stereocenters. The molecule has 5 heteroatoms. The number of hydrogen-bond donors (Lipinski definition) is 1. The van der Waals surface area contributed by atoms with E-state index < -0.39 is 0 Å². The molecule has 0 radical (unpaired) electrons. The summed E-state index contributed by atoms with van der Waals surface area (Å²) in [5, 5.41) is 4.13.